The van der Waals surface area contributed by atoms with Gasteiger partial charge in [0.25, 0.3) is 0 Å². The molecule has 2 atom stereocenters. The normalized spacial score (nSPS) is 18.9. The Morgan fingerprint density at radius 1 is 0.872 bits per heavy atom. The fraction of sp³-hybridized carbons (Fsp3) is 0.226. The summed E-state index contributed by atoms with van der Waals surface area (Å²) in [5.74, 6) is 1.14. The van der Waals surface area contributed by atoms with Gasteiger partial charge in [0.2, 0.25) is 0 Å². The third-order valence-electron chi connectivity index (χ3n) is 7.93. The Kier molecular flexibility index (Phi) is 5.71. The molecule has 192 valence electrons. The van der Waals surface area contributed by atoms with Crippen LogP contribution in [0.1, 0.15) is 18.4 Å². The Morgan fingerprint density at radius 3 is 2.36 bits per heavy atom. The van der Waals surface area contributed by atoms with Crippen LogP contribution in [-0.2, 0) is 6.54 Å². The Balaban J connectivity index is 1.27. The predicted molar refractivity (Wildman–Crippen MR) is 151 cm³/mol. The highest BCUT2D eigenvalue weighted by Crippen LogP contribution is 2.33. The molecule has 2 bridgehead atoms. The molecule has 2 aliphatic rings. The molecule has 3 aromatic heterocycles. The zero-order valence-corrected chi connectivity index (χ0v) is 21.5. The smallest absolute Gasteiger partial charge is 0.179 e. The number of aromatic nitrogens is 4. The minimum atomic E-state index is 0.350. The van der Waals surface area contributed by atoms with E-state index >= 15 is 0 Å². The number of rotatable bonds is 5. The van der Waals surface area contributed by atoms with Crippen molar-refractivity contribution in [3.8, 4) is 34.5 Å². The van der Waals surface area contributed by atoms with Crippen molar-refractivity contribution in [2.45, 2.75) is 31.5 Å². The summed E-state index contributed by atoms with van der Waals surface area (Å²) in [6.07, 6.45) is 6.31. The van der Waals surface area contributed by atoms with Crippen molar-refractivity contribution in [3.05, 3.63) is 90.6 Å². The average Bonchev–Trinajstić information content (AvgIpc) is 3.47. The van der Waals surface area contributed by atoms with Gasteiger partial charge in [0.15, 0.2) is 17.7 Å². The maximum Gasteiger partial charge on any atom is 0.179 e. The lowest BCUT2D eigenvalue weighted by atomic mass is 10.1. The Hall–Kier alpha value is -4.74. The molecule has 8 nitrogen and oxygen atoms in total. The van der Waals surface area contributed by atoms with Gasteiger partial charge in [-0.2, -0.15) is 5.26 Å². The molecule has 8 heteroatoms. The van der Waals surface area contributed by atoms with Crippen LogP contribution < -0.4 is 5.73 Å². The number of hydrogen-bond donors (Lipinski definition) is 1. The van der Waals surface area contributed by atoms with E-state index in [9.17, 15) is 5.26 Å². The largest absolute Gasteiger partial charge is 0.383 e. The monoisotopic (exact) mass is 512 g/mol. The quantitative estimate of drug-likeness (QED) is 0.336. The van der Waals surface area contributed by atoms with Gasteiger partial charge >= 0.3 is 0 Å². The second-order valence-corrected chi connectivity index (χ2v) is 10.4. The average molecular weight is 513 g/mol. The van der Waals surface area contributed by atoms with E-state index in [-0.39, 0.29) is 0 Å². The topological polar surface area (TPSA) is 99.9 Å². The summed E-state index contributed by atoms with van der Waals surface area (Å²) in [5.41, 5.74) is 12.8. The van der Waals surface area contributed by atoms with E-state index in [2.05, 4.69) is 57.0 Å². The van der Waals surface area contributed by atoms with Gasteiger partial charge in [-0.15, -0.1) is 0 Å². The summed E-state index contributed by atoms with van der Waals surface area (Å²) in [7, 11) is 0. The van der Waals surface area contributed by atoms with E-state index in [4.69, 9.17) is 15.7 Å². The van der Waals surface area contributed by atoms with Crippen molar-refractivity contribution in [3.63, 3.8) is 0 Å². The zero-order chi connectivity index (χ0) is 26.3. The van der Waals surface area contributed by atoms with Gasteiger partial charge in [-0.1, -0.05) is 42.5 Å². The van der Waals surface area contributed by atoms with Gasteiger partial charge < -0.3 is 10.6 Å². The van der Waals surface area contributed by atoms with Gasteiger partial charge in [-0.3, -0.25) is 9.47 Å². The van der Waals surface area contributed by atoms with Crippen LogP contribution in [-0.4, -0.2) is 54.5 Å². The summed E-state index contributed by atoms with van der Waals surface area (Å²) in [6.45, 7) is 2.75. The summed E-state index contributed by atoms with van der Waals surface area (Å²) in [5, 5.41) is 9.48. The van der Waals surface area contributed by atoms with E-state index in [1.165, 1.54) is 5.56 Å². The number of fused-ring (bicyclic) bond motifs is 3. The van der Waals surface area contributed by atoms with Crippen molar-refractivity contribution < 1.29 is 0 Å². The molecule has 2 aromatic carbocycles. The molecule has 5 aromatic rings. The van der Waals surface area contributed by atoms with Crippen molar-refractivity contribution in [2.75, 3.05) is 18.8 Å². The number of nitrogens with two attached hydrogens (primary N) is 1. The molecule has 0 radical (unpaired) electrons. The highest BCUT2D eigenvalue weighted by molar-refractivity contribution is 5.84. The molecule has 7 rings (SSSR count). The molecular formula is C31H28N8. The van der Waals surface area contributed by atoms with Gasteiger partial charge in [0.05, 0.1) is 23.3 Å². The highest BCUT2D eigenvalue weighted by atomic mass is 15.3. The van der Waals surface area contributed by atoms with Crippen LogP contribution >= 0.6 is 0 Å². The minimum Gasteiger partial charge on any atom is -0.383 e. The molecular weight excluding hydrogens is 484 g/mol. The Labute approximate surface area is 227 Å². The first-order valence-electron chi connectivity index (χ1n) is 13.3. The summed E-state index contributed by atoms with van der Waals surface area (Å²) in [4.78, 5) is 18.8. The molecule has 0 amide bonds. The number of benzene rings is 2. The molecule has 2 aliphatic heterocycles. The highest BCUT2D eigenvalue weighted by Gasteiger charge is 2.39. The van der Waals surface area contributed by atoms with E-state index in [0.717, 1.165) is 66.1 Å². The van der Waals surface area contributed by atoms with Gasteiger partial charge in [0, 0.05) is 37.1 Å². The number of likely N-dealkylation sites (tertiary alicyclic amines) is 1. The van der Waals surface area contributed by atoms with E-state index in [1.54, 1.807) is 6.20 Å². The molecule has 0 saturated carbocycles. The van der Waals surface area contributed by atoms with E-state index in [1.807, 2.05) is 47.4 Å². The van der Waals surface area contributed by atoms with Crippen molar-refractivity contribution >= 4 is 17.0 Å². The Bertz CT molecular complexity index is 1670. The fourth-order valence-corrected chi connectivity index (χ4v) is 6.05. The summed E-state index contributed by atoms with van der Waals surface area (Å²) in [6, 6.07) is 27.3. The van der Waals surface area contributed by atoms with Gasteiger partial charge in [-0.25, -0.2) is 15.0 Å². The first kappa shape index (κ1) is 23.4. The molecule has 39 heavy (non-hydrogen) atoms. The SMILES string of the molecule is N#CN1C2CCC1CN(Cc1ccc(-n3c(-c4cccnc4N)nc4ccc(-c5ccccc5)nc43)cc1)C2. The predicted octanol–water partition coefficient (Wildman–Crippen LogP) is 4.86. The van der Waals surface area contributed by atoms with Crippen LogP contribution in [0, 0.1) is 11.5 Å². The summed E-state index contributed by atoms with van der Waals surface area (Å²) < 4.78 is 2.07. The number of hydrogen-bond acceptors (Lipinski definition) is 7. The lowest BCUT2D eigenvalue weighted by molar-refractivity contribution is 0.106. The van der Waals surface area contributed by atoms with Crippen LogP contribution in [0.3, 0.4) is 0 Å². The second-order valence-electron chi connectivity index (χ2n) is 10.4. The van der Waals surface area contributed by atoms with Crippen LogP contribution in [0.2, 0.25) is 0 Å². The first-order chi connectivity index (χ1) is 19.2. The summed E-state index contributed by atoms with van der Waals surface area (Å²) >= 11 is 0. The molecule has 2 unspecified atom stereocenters. The number of piperazine rings is 1. The number of imidazole rings is 1. The maximum atomic E-state index is 9.48. The number of anilines is 1. The first-order valence-corrected chi connectivity index (χ1v) is 13.3. The zero-order valence-electron chi connectivity index (χ0n) is 21.5. The van der Waals surface area contributed by atoms with Gasteiger partial charge in [-0.05, 0) is 54.8 Å². The molecule has 5 heterocycles. The molecule has 2 N–H and O–H groups in total. The van der Waals surface area contributed by atoms with Crippen LogP contribution in [0.25, 0.3) is 39.5 Å². The van der Waals surface area contributed by atoms with Crippen LogP contribution in [0.5, 0.6) is 0 Å². The maximum absolute atomic E-state index is 9.48. The van der Waals surface area contributed by atoms with Gasteiger partial charge in [0.1, 0.15) is 11.3 Å². The van der Waals surface area contributed by atoms with Crippen molar-refractivity contribution in [1.82, 2.24) is 29.3 Å². The molecule has 0 aliphatic carbocycles. The van der Waals surface area contributed by atoms with Crippen LogP contribution in [0.15, 0.2) is 85.1 Å². The van der Waals surface area contributed by atoms with Crippen molar-refractivity contribution in [2.24, 2.45) is 0 Å². The second kappa shape index (κ2) is 9.53. The van der Waals surface area contributed by atoms with Crippen LogP contribution in [0.4, 0.5) is 5.82 Å². The third-order valence-corrected chi connectivity index (χ3v) is 7.93. The van der Waals surface area contributed by atoms with Crippen molar-refractivity contribution in [1.29, 1.82) is 5.26 Å². The number of pyridine rings is 2. The van der Waals surface area contributed by atoms with E-state index in [0.29, 0.717) is 23.7 Å². The fourth-order valence-electron chi connectivity index (χ4n) is 6.05. The molecule has 0 spiro atoms. The lowest BCUT2D eigenvalue weighted by Gasteiger charge is -2.37. The molecule has 2 saturated heterocycles. The van der Waals surface area contributed by atoms with E-state index < -0.39 is 0 Å². The Morgan fingerprint density at radius 2 is 1.64 bits per heavy atom. The number of nitrogens with zero attached hydrogens (tertiary/aromatic N) is 7. The minimum absolute atomic E-state index is 0.350. The number of nitriles is 1. The molecule has 2 fully saturated rings. The lowest BCUT2D eigenvalue weighted by Crippen LogP contribution is -2.51. The third kappa shape index (κ3) is 4.17. The standard InChI is InChI=1S/C31H28N8/c32-20-38-24-12-13-25(38)19-37(18-24)17-21-8-10-23(11-9-21)39-30(26-7-4-16-34-29(26)33)36-28-15-14-27(35-31(28)39)22-5-2-1-3-6-22/h1-11,14-16,24-25H,12-13,17-19H2,(H2,33,34). The number of nitrogen functional groups attached to an aromatic ring is 1.